The number of aromatic amines is 1. The minimum absolute atomic E-state index is 0.583. The second-order valence-corrected chi connectivity index (χ2v) is 4.09. The molecule has 82 valence electrons. The smallest absolute Gasteiger partial charge is 0.179 e. The van der Waals surface area contributed by atoms with Crippen molar-refractivity contribution in [1.82, 2.24) is 20.6 Å². The highest BCUT2D eigenvalue weighted by atomic mass is 35.5. The maximum atomic E-state index is 6.05. The first-order chi connectivity index (χ1) is 7.83. The molecule has 1 N–H and O–H groups in total. The summed E-state index contributed by atoms with van der Waals surface area (Å²) in [4.78, 5) is 0. The van der Waals surface area contributed by atoms with Crippen LogP contribution in [-0.2, 0) is 12.8 Å². The fraction of sp³-hybridized carbons (Fsp3) is 0.300. The second-order valence-electron chi connectivity index (χ2n) is 3.66. The summed E-state index contributed by atoms with van der Waals surface area (Å²) in [5, 5.41) is 14.5. The summed E-state index contributed by atoms with van der Waals surface area (Å²) in [5.41, 5.74) is 2.17. The maximum absolute atomic E-state index is 6.05. The summed E-state index contributed by atoms with van der Waals surface area (Å²) in [6, 6.07) is 3.84. The molecule has 16 heavy (non-hydrogen) atoms. The Labute approximate surface area is 96.8 Å². The number of nitrogens with zero attached hydrogens (tertiary/aromatic N) is 3. The van der Waals surface area contributed by atoms with Gasteiger partial charge in [-0.2, -0.15) is 5.21 Å². The van der Waals surface area contributed by atoms with Gasteiger partial charge in [0, 0.05) is 23.4 Å². The Bertz CT molecular complexity index is 512. The van der Waals surface area contributed by atoms with E-state index in [4.69, 9.17) is 16.3 Å². The molecule has 0 saturated heterocycles. The van der Waals surface area contributed by atoms with Crippen LogP contribution < -0.4 is 4.74 Å². The van der Waals surface area contributed by atoms with Crippen LogP contribution in [0.3, 0.4) is 0 Å². The number of hydrogen-bond donors (Lipinski definition) is 1. The minimum atomic E-state index is 0.583. The minimum Gasteiger partial charge on any atom is -0.493 e. The molecule has 1 aliphatic heterocycles. The van der Waals surface area contributed by atoms with E-state index in [1.165, 1.54) is 0 Å². The highest BCUT2D eigenvalue weighted by Gasteiger charge is 2.18. The van der Waals surface area contributed by atoms with Crippen LogP contribution in [0.25, 0.3) is 0 Å². The number of benzene rings is 1. The molecule has 0 atom stereocenters. The first-order valence-electron chi connectivity index (χ1n) is 4.99. The van der Waals surface area contributed by atoms with E-state index in [1.807, 2.05) is 12.1 Å². The van der Waals surface area contributed by atoms with Gasteiger partial charge in [-0.15, -0.1) is 10.2 Å². The Kier molecular flexibility index (Phi) is 2.25. The summed E-state index contributed by atoms with van der Waals surface area (Å²) in [5.74, 6) is 1.56. The van der Waals surface area contributed by atoms with Crippen LogP contribution in [0.2, 0.25) is 5.02 Å². The highest BCUT2D eigenvalue weighted by molar-refractivity contribution is 6.30. The number of fused-ring (bicyclic) bond motifs is 1. The van der Waals surface area contributed by atoms with E-state index in [9.17, 15) is 0 Å². The monoisotopic (exact) mass is 236 g/mol. The van der Waals surface area contributed by atoms with Gasteiger partial charge in [0.2, 0.25) is 0 Å². The Balaban J connectivity index is 2.00. The van der Waals surface area contributed by atoms with Crippen molar-refractivity contribution < 1.29 is 4.74 Å². The molecule has 0 amide bonds. The van der Waals surface area contributed by atoms with Crippen molar-refractivity contribution >= 4 is 11.6 Å². The average Bonchev–Trinajstić information content (AvgIpc) is 2.87. The standard InChI is InChI=1S/C10H9ClN4O/c11-8-3-6-1-2-16-10(6)7(4-8)5-9-12-14-15-13-9/h3-4H,1-2,5H2,(H,12,13,14,15). The molecule has 1 aromatic heterocycles. The molecule has 1 aliphatic rings. The number of nitrogens with one attached hydrogen (secondary N) is 1. The predicted octanol–water partition coefficient (Wildman–Crippen LogP) is 1.38. The zero-order valence-corrected chi connectivity index (χ0v) is 9.16. The Morgan fingerprint density at radius 1 is 1.44 bits per heavy atom. The van der Waals surface area contributed by atoms with Crippen molar-refractivity contribution in [1.29, 1.82) is 0 Å². The normalized spacial score (nSPS) is 13.6. The molecule has 0 fully saturated rings. The van der Waals surface area contributed by atoms with Crippen LogP contribution in [0, 0.1) is 0 Å². The lowest BCUT2D eigenvalue weighted by Gasteiger charge is -2.06. The van der Waals surface area contributed by atoms with Crippen LogP contribution in [0.5, 0.6) is 5.75 Å². The SMILES string of the molecule is Clc1cc2c(c(Cc3nn[nH]n3)c1)OCC2. The zero-order valence-electron chi connectivity index (χ0n) is 8.40. The van der Waals surface area contributed by atoms with Gasteiger partial charge >= 0.3 is 0 Å². The number of halogens is 1. The van der Waals surface area contributed by atoms with E-state index in [1.54, 1.807) is 0 Å². The molecule has 2 heterocycles. The van der Waals surface area contributed by atoms with E-state index >= 15 is 0 Å². The molecule has 6 heteroatoms. The maximum Gasteiger partial charge on any atom is 0.179 e. The van der Waals surface area contributed by atoms with Gasteiger partial charge in [-0.05, 0) is 17.7 Å². The Hall–Kier alpha value is -1.62. The van der Waals surface area contributed by atoms with Gasteiger partial charge in [-0.3, -0.25) is 0 Å². The third-order valence-electron chi connectivity index (χ3n) is 2.56. The van der Waals surface area contributed by atoms with Crippen molar-refractivity contribution in [3.05, 3.63) is 34.1 Å². The molecular formula is C10H9ClN4O. The molecule has 0 unspecified atom stereocenters. The Morgan fingerprint density at radius 2 is 2.38 bits per heavy atom. The summed E-state index contributed by atoms with van der Waals surface area (Å²) in [6.45, 7) is 0.717. The molecule has 1 aromatic carbocycles. The topological polar surface area (TPSA) is 63.7 Å². The number of H-pyrrole nitrogens is 1. The lowest BCUT2D eigenvalue weighted by molar-refractivity contribution is 0.354. The lowest BCUT2D eigenvalue weighted by Crippen LogP contribution is -1.95. The predicted molar refractivity (Wildman–Crippen MR) is 57.6 cm³/mol. The van der Waals surface area contributed by atoms with E-state index in [-0.39, 0.29) is 0 Å². The first kappa shape index (κ1) is 9.59. The molecule has 0 aliphatic carbocycles. The number of hydrogen-bond acceptors (Lipinski definition) is 4. The molecule has 2 aromatic rings. The van der Waals surface area contributed by atoms with Gasteiger partial charge in [0.15, 0.2) is 5.82 Å². The van der Waals surface area contributed by atoms with E-state index in [2.05, 4.69) is 20.6 Å². The summed E-state index contributed by atoms with van der Waals surface area (Å²) in [7, 11) is 0. The van der Waals surface area contributed by atoms with Crippen LogP contribution in [-0.4, -0.2) is 27.2 Å². The number of aromatic nitrogens is 4. The number of rotatable bonds is 2. The highest BCUT2D eigenvalue weighted by Crippen LogP contribution is 2.33. The zero-order chi connectivity index (χ0) is 11.0. The van der Waals surface area contributed by atoms with Gasteiger partial charge in [-0.1, -0.05) is 16.8 Å². The molecule has 0 spiro atoms. The van der Waals surface area contributed by atoms with E-state index in [0.29, 0.717) is 12.2 Å². The lowest BCUT2D eigenvalue weighted by atomic mass is 10.1. The van der Waals surface area contributed by atoms with Crippen molar-refractivity contribution in [2.45, 2.75) is 12.8 Å². The van der Waals surface area contributed by atoms with Crippen molar-refractivity contribution in [2.24, 2.45) is 0 Å². The van der Waals surface area contributed by atoms with Crippen molar-refractivity contribution in [3.8, 4) is 5.75 Å². The number of tetrazole rings is 1. The van der Waals surface area contributed by atoms with Crippen LogP contribution in [0.1, 0.15) is 17.0 Å². The Morgan fingerprint density at radius 3 is 3.19 bits per heavy atom. The third kappa shape index (κ3) is 1.63. The first-order valence-corrected chi connectivity index (χ1v) is 5.37. The van der Waals surface area contributed by atoms with Crippen LogP contribution >= 0.6 is 11.6 Å². The molecule has 0 saturated carbocycles. The fourth-order valence-electron chi connectivity index (χ4n) is 1.91. The summed E-state index contributed by atoms with van der Waals surface area (Å²) < 4.78 is 5.59. The van der Waals surface area contributed by atoms with Crippen LogP contribution in [0.15, 0.2) is 12.1 Å². The van der Waals surface area contributed by atoms with Crippen molar-refractivity contribution in [2.75, 3.05) is 6.61 Å². The van der Waals surface area contributed by atoms with E-state index in [0.717, 1.165) is 34.9 Å². The average molecular weight is 237 g/mol. The molecule has 0 radical (unpaired) electrons. The molecular weight excluding hydrogens is 228 g/mol. The molecule has 3 rings (SSSR count). The van der Waals surface area contributed by atoms with Gasteiger partial charge in [0.25, 0.3) is 0 Å². The fourth-order valence-corrected chi connectivity index (χ4v) is 2.17. The summed E-state index contributed by atoms with van der Waals surface area (Å²) in [6.07, 6.45) is 1.49. The van der Waals surface area contributed by atoms with Crippen molar-refractivity contribution in [3.63, 3.8) is 0 Å². The molecule has 0 bridgehead atoms. The largest absolute Gasteiger partial charge is 0.493 e. The van der Waals surface area contributed by atoms with Gasteiger partial charge < -0.3 is 4.74 Å². The van der Waals surface area contributed by atoms with E-state index < -0.39 is 0 Å². The molecule has 5 nitrogen and oxygen atoms in total. The summed E-state index contributed by atoms with van der Waals surface area (Å²) >= 11 is 6.05. The van der Waals surface area contributed by atoms with Gasteiger partial charge in [0.1, 0.15) is 5.75 Å². The number of ether oxygens (including phenoxy) is 1. The quantitative estimate of drug-likeness (QED) is 0.856. The van der Waals surface area contributed by atoms with Gasteiger partial charge in [0.05, 0.1) is 6.61 Å². The third-order valence-corrected chi connectivity index (χ3v) is 2.78. The van der Waals surface area contributed by atoms with Gasteiger partial charge in [-0.25, -0.2) is 0 Å². The van der Waals surface area contributed by atoms with Crippen LogP contribution in [0.4, 0.5) is 0 Å². The second kappa shape index (κ2) is 3.75.